The highest BCUT2D eigenvalue weighted by Crippen LogP contribution is 2.11. The van der Waals surface area contributed by atoms with Crippen molar-refractivity contribution in [2.24, 2.45) is 0 Å². The van der Waals surface area contributed by atoms with Crippen LogP contribution in [0.2, 0.25) is 0 Å². The minimum atomic E-state index is -0.228. The summed E-state index contributed by atoms with van der Waals surface area (Å²) < 4.78 is 0. The minimum Gasteiger partial charge on any atom is -0.391 e. The molecule has 0 spiro atoms. The predicted octanol–water partition coefficient (Wildman–Crippen LogP) is 1.99. The Kier molecular flexibility index (Phi) is 5.15. The average Bonchev–Trinajstić information content (AvgIpc) is 2.66. The summed E-state index contributed by atoms with van der Waals surface area (Å²) in [5, 5.41) is 11.9. The van der Waals surface area contributed by atoms with Crippen LogP contribution < -0.4 is 0 Å². The lowest BCUT2D eigenvalue weighted by Crippen LogP contribution is -2.33. The third kappa shape index (κ3) is 3.78. The van der Waals surface area contributed by atoms with Crippen molar-refractivity contribution in [2.45, 2.75) is 26.4 Å². The van der Waals surface area contributed by atoms with Gasteiger partial charge in [0.25, 0.3) is 0 Å². The molecule has 1 rings (SSSR count). The zero-order chi connectivity index (χ0) is 10.4. The summed E-state index contributed by atoms with van der Waals surface area (Å²) in [5.41, 5.74) is 0. The lowest BCUT2D eigenvalue weighted by atomic mass is 10.2. The van der Waals surface area contributed by atoms with Crippen LogP contribution in [0.25, 0.3) is 0 Å². The number of thiophene rings is 1. The number of rotatable bonds is 6. The molecule has 14 heavy (non-hydrogen) atoms. The van der Waals surface area contributed by atoms with Crippen molar-refractivity contribution in [1.82, 2.24) is 4.90 Å². The number of hydrogen-bond acceptors (Lipinski definition) is 3. The van der Waals surface area contributed by atoms with Gasteiger partial charge in [-0.15, -0.1) is 11.3 Å². The first-order valence-corrected chi connectivity index (χ1v) is 6.07. The maximum Gasteiger partial charge on any atom is 0.0715 e. The van der Waals surface area contributed by atoms with Crippen LogP contribution in [0, 0.1) is 0 Å². The lowest BCUT2D eigenvalue weighted by molar-refractivity contribution is 0.119. The van der Waals surface area contributed by atoms with Gasteiger partial charge < -0.3 is 10.0 Å². The Morgan fingerprint density at radius 1 is 1.43 bits per heavy atom. The predicted molar refractivity (Wildman–Crippen MR) is 61.8 cm³/mol. The van der Waals surface area contributed by atoms with Gasteiger partial charge in [-0.2, -0.15) is 0 Å². The Morgan fingerprint density at radius 3 is 2.64 bits per heavy atom. The maximum atomic E-state index is 9.82. The molecule has 80 valence electrons. The molecule has 3 heteroatoms. The Hall–Kier alpha value is -0.380. The molecule has 0 fully saturated rings. The second kappa shape index (κ2) is 6.17. The third-order valence-corrected chi connectivity index (χ3v) is 3.28. The van der Waals surface area contributed by atoms with E-state index in [1.807, 2.05) is 6.07 Å². The molecule has 0 aliphatic carbocycles. The minimum absolute atomic E-state index is 0.228. The zero-order valence-electron chi connectivity index (χ0n) is 8.94. The van der Waals surface area contributed by atoms with Crippen molar-refractivity contribution in [3.63, 3.8) is 0 Å². The summed E-state index contributed by atoms with van der Waals surface area (Å²) in [7, 11) is 0. The number of likely N-dealkylation sites (N-methyl/N-ethyl adjacent to an activating group) is 1. The summed E-state index contributed by atoms with van der Waals surface area (Å²) >= 11 is 1.72. The SMILES string of the molecule is CCN(CC)CC(O)Cc1cccs1. The van der Waals surface area contributed by atoms with E-state index in [-0.39, 0.29) is 6.10 Å². The smallest absolute Gasteiger partial charge is 0.0715 e. The largest absolute Gasteiger partial charge is 0.391 e. The molecule has 0 amide bonds. The quantitative estimate of drug-likeness (QED) is 0.781. The Labute approximate surface area is 90.2 Å². The van der Waals surface area contributed by atoms with Gasteiger partial charge >= 0.3 is 0 Å². The molecule has 0 saturated carbocycles. The van der Waals surface area contributed by atoms with Crippen LogP contribution in [-0.2, 0) is 6.42 Å². The Bertz CT molecular complexity index is 231. The maximum absolute atomic E-state index is 9.82. The van der Waals surface area contributed by atoms with Gasteiger partial charge in [-0.25, -0.2) is 0 Å². The van der Waals surface area contributed by atoms with Crippen LogP contribution in [0.15, 0.2) is 17.5 Å². The second-order valence-corrected chi connectivity index (χ2v) is 4.46. The van der Waals surface area contributed by atoms with E-state index in [1.54, 1.807) is 11.3 Å². The highest BCUT2D eigenvalue weighted by Gasteiger charge is 2.09. The molecular weight excluding hydrogens is 194 g/mol. The molecule has 1 N–H and O–H groups in total. The fourth-order valence-corrected chi connectivity index (χ4v) is 2.28. The molecular formula is C11H19NOS. The zero-order valence-corrected chi connectivity index (χ0v) is 9.76. The third-order valence-electron chi connectivity index (χ3n) is 2.38. The molecule has 2 nitrogen and oxygen atoms in total. The molecule has 1 aromatic rings. The molecule has 1 unspecified atom stereocenters. The normalized spacial score (nSPS) is 13.4. The summed E-state index contributed by atoms with van der Waals surface area (Å²) in [6.07, 6.45) is 0.558. The van der Waals surface area contributed by atoms with Crippen molar-refractivity contribution in [3.8, 4) is 0 Å². The van der Waals surface area contributed by atoms with E-state index >= 15 is 0 Å². The molecule has 0 bridgehead atoms. The van der Waals surface area contributed by atoms with E-state index in [0.29, 0.717) is 0 Å². The number of hydrogen-bond donors (Lipinski definition) is 1. The topological polar surface area (TPSA) is 23.5 Å². The number of aliphatic hydroxyl groups excluding tert-OH is 1. The van der Waals surface area contributed by atoms with Gasteiger partial charge in [0.2, 0.25) is 0 Å². The average molecular weight is 213 g/mol. The van der Waals surface area contributed by atoms with E-state index in [1.165, 1.54) is 4.88 Å². The first-order chi connectivity index (χ1) is 6.76. The van der Waals surface area contributed by atoms with Gasteiger partial charge in [-0.3, -0.25) is 0 Å². The molecule has 0 aromatic carbocycles. The van der Waals surface area contributed by atoms with Gasteiger partial charge in [0.15, 0.2) is 0 Å². The fourth-order valence-electron chi connectivity index (χ4n) is 1.51. The van der Waals surface area contributed by atoms with Gasteiger partial charge in [0, 0.05) is 17.8 Å². The van der Waals surface area contributed by atoms with E-state index in [2.05, 4.69) is 30.2 Å². The van der Waals surface area contributed by atoms with Crippen LogP contribution in [0.5, 0.6) is 0 Å². The van der Waals surface area contributed by atoms with Gasteiger partial charge in [-0.1, -0.05) is 19.9 Å². The number of aliphatic hydroxyl groups is 1. The molecule has 0 aliphatic rings. The van der Waals surface area contributed by atoms with Gasteiger partial charge in [-0.05, 0) is 24.5 Å². The van der Waals surface area contributed by atoms with E-state index < -0.39 is 0 Å². The fraction of sp³-hybridized carbons (Fsp3) is 0.636. The monoisotopic (exact) mass is 213 g/mol. The van der Waals surface area contributed by atoms with E-state index in [4.69, 9.17) is 0 Å². The lowest BCUT2D eigenvalue weighted by Gasteiger charge is -2.21. The van der Waals surface area contributed by atoms with Crippen molar-refractivity contribution in [1.29, 1.82) is 0 Å². The van der Waals surface area contributed by atoms with Gasteiger partial charge in [0.05, 0.1) is 6.10 Å². The van der Waals surface area contributed by atoms with E-state index in [0.717, 1.165) is 26.1 Å². The highest BCUT2D eigenvalue weighted by molar-refractivity contribution is 7.09. The second-order valence-electron chi connectivity index (χ2n) is 3.42. The first-order valence-electron chi connectivity index (χ1n) is 5.19. The molecule has 0 radical (unpaired) electrons. The molecule has 0 saturated heterocycles. The van der Waals surface area contributed by atoms with Crippen LogP contribution in [0.3, 0.4) is 0 Å². The van der Waals surface area contributed by atoms with Gasteiger partial charge in [0.1, 0.15) is 0 Å². The van der Waals surface area contributed by atoms with Crippen LogP contribution >= 0.6 is 11.3 Å². The Balaban J connectivity index is 2.31. The van der Waals surface area contributed by atoms with Crippen molar-refractivity contribution >= 4 is 11.3 Å². The first kappa shape index (κ1) is 11.7. The van der Waals surface area contributed by atoms with Crippen LogP contribution in [-0.4, -0.2) is 35.7 Å². The Morgan fingerprint density at radius 2 is 2.14 bits per heavy atom. The summed E-state index contributed by atoms with van der Waals surface area (Å²) in [6.45, 7) is 7.06. The summed E-state index contributed by atoms with van der Waals surface area (Å²) in [5.74, 6) is 0. The van der Waals surface area contributed by atoms with Crippen molar-refractivity contribution in [3.05, 3.63) is 22.4 Å². The molecule has 1 atom stereocenters. The number of nitrogens with zero attached hydrogens (tertiary/aromatic N) is 1. The summed E-state index contributed by atoms with van der Waals surface area (Å²) in [4.78, 5) is 3.52. The van der Waals surface area contributed by atoms with Crippen molar-refractivity contribution < 1.29 is 5.11 Å². The van der Waals surface area contributed by atoms with Crippen LogP contribution in [0.4, 0.5) is 0 Å². The van der Waals surface area contributed by atoms with Crippen LogP contribution in [0.1, 0.15) is 18.7 Å². The molecule has 0 aliphatic heterocycles. The van der Waals surface area contributed by atoms with Crippen molar-refractivity contribution in [2.75, 3.05) is 19.6 Å². The summed E-state index contributed by atoms with van der Waals surface area (Å²) in [6, 6.07) is 4.11. The molecule has 1 aromatic heterocycles. The standard InChI is InChI=1S/C11H19NOS/c1-3-12(4-2)9-10(13)8-11-6-5-7-14-11/h5-7,10,13H,3-4,8-9H2,1-2H3. The highest BCUT2D eigenvalue weighted by atomic mass is 32.1. The van der Waals surface area contributed by atoms with E-state index in [9.17, 15) is 5.11 Å². The molecule has 1 heterocycles.